The van der Waals surface area contributed by atoms with Crippen molar-refractivity contribution in [2.24, 2.45) is 5.73 Å². The number of aromatic nitrogens is 2. The highest BCUT2D eigenvalue weighted by molar-refractivity contribution is 5.90. The van der Waals surface area contributed by atoms with E-state index in [2.05, 4.69) is 15.3 Å². The van der Waals surface area contributed by atoms with Crippen molar-refractivity contribution in [2.75, 3.05) is 11.9 Å². The van der Waals surface area contributed by atoms with Gasteiger partial charge in [0.25, 0.3) is 5.69 Å². The van der Waals surface area contributed by atoms with E-state index in [1.165, 1.54) is 18.5 Å². The van der Waals surface area contributed by atoms with Crippen molar-refractivity contribution >= 4 is 22.4 Å². The summed E-state index contributed by atoms with van der Waals surface area (Å²) in [6, 6.07) is 4.55. The molecule has 1 aliphatic rings. The van der Waals surface area contributed by atoms with E-state index in [0.29, 0.717) is 23.3 Å². The molecule has 0 aliphatic heterocycles. The number of nitro groups is 1. The van der Waals surface area contributed by atoms with Crippen LogP contribution in [0.15, 0.2) is 24.5 Å². The number of anilines is 1. The fourth-order valence-electron chi connectivity index (χ4n) is 2.37. The number of nitrogens with zero attached hydrogens (tertiary/aromatic N) is 3. The Morgan fingerprint density at radius 1 is 1.40 bits per heavy atom. The average Bonchev–Trinajstić information content (AvgIpc) is 2.42. The Balaban J connectivity index is 1.92. The molecule has 0 spiro atoms. The largest absolute Gasteiger partial charge is 0.368 e. The smallest absolute Gasteiger partial charge is 0.270 e. The molecule has 2 aromatic rings. The van der Waals surface area contributed by atoms with Gasteiger partial charge in [-0.15, -0.1) is 0 Å². The fourth-order valence-corrected chi connectivity index (χ4v) is 2.37. The van der Waals surface area contributed by atoms with Gasteiger partial charge >= 0.3 is 0 Å². The third-order valence-electron chi connectivity index (χ3n) is 3.79. The molecule has 1 aliphatic carbocycles. The minimum atomic E-state index is -0.424. The predicted molar refractivity (Wildman–Crippen MR) is 75.5 cm³/mol. The third kappa shape index (κ3) is 2.27. The number of benzene rings is 1. The Morgan fingerprint density at radius 3 is 2.85 bits per heavy atom. The number of nitrogens with one attached hydrogen (secondary N) is 1. The van der Waals surface area contributed by atoms with Crippen LogP contribution in [0.3, 0.4) is 0 Å². The maximum Gasteiger partial charge on any atom is 0.270 e. The van der Waals surface area contributed by atoms with Crippen LogP contribution in [-0.4, -0.2) is 27.0 Å². The highest BCUT2D eigenvalue weighted by atomic mass is 16.6. The number of fused-ring (bicyclic) bond motifs is 1. The van der Waals surface area contributed by atoms with Crippen molar-refractivity contribution in [2.45, 2.75) is 24.8 Å². The zero-order valence-electron chi connectivity index (χ0n) is 10.9. The van der Waals surface area contributed by atoms with Crippen LogP contribution in [0, 0.1) is 10.1 Å². The molecule has 20 heavy (non-hydrogen) atoms. The Morgan fingerprint density at radius 2 is 2.20 bits per heavy atom. The van der Waals surface area contributed by atoms with E-state index in [4.69, 9.17) is 5.73 Å². The molecule has 0 amide bonds. The second-order valence-electron chi connectivity index (χ2n) is 5.25. The van der Waals surface area contributed by atoms with Crippen molar-refractivity contribution < 1.29 is 4.92 Å². The van der Waals surface area contributed by atoms with Crippen molar-refractivity contribution in [3.05, 3.63) is 34.6 Å². The van der Waals surface area contributed by atoms with Crippen LogP contribution in [0.5, 0.6) is 0 Å². The monoisotopic (exact) mass is 273 g/mol. The van der Waals surface area contributed by atoms with Crippen LogP contribution in [-0.2, 0) is 0 Å². The summed E-state index contributed by atoms with van der Waals surface area (Å²) in [4.78, 5) is 18.7. The Bertz CT molecular complexity index is 669. The van der Waals surface area contributed by atoms with Gasteiger partial charge in [0.15, 0.2) is 0 Å². The van der Waals surface area contributed by atoms with Gasteiger partial charge in [-0.3, -0.25) is 10.1 Å². The maximum atomic E-state index is 10.9. The lowest BCUT2D eigenvalue weighted by Crippen LogP contribution is -2.52. The first-order chi connectivity index (χ1) is 9.57. The van der Waals surface area contributed by atoms with Gasteiger partial charge in [-0.25, -0.2) is 9.97 Å². The Hall–Kier alpha value is -2.28. The van der Waals surface area contributed by atoms with Crippen LogP contribution in [0.2, 0.25) is 0 Å². The van der Waals surface area contributed by atoms with Crippen molar-refractivity contribution in [3.63, 3.8) is 0 Å². The van der Waals surface area contributed by atoms with Crippen LogP contribution < -0.4 is 11.1 Å². The van der Waals surface area contributed by atoms with E-state index >= 15 is 0 Å². The zero-order valence-corrected chi connectivity index (χ0v) is 10.9. The molecular weight excluding hydrogens is 258 g/mol. The summed E-state index contributed by atoms with van der Waals surface area (Å²) in [6.07, 6.45) is 4.57. The molecule has 0 radical (unpaired) electrons. The van der Waals surface area contributed by atoms with Crippen LogP contribution >= 0.6 is 0 Å². The quantitative estimate of drug-likeness (QED) is 0.650. The lowest BCUT2D eigenvalue weighted by molar-refractivity contribution is -0.384. The first-order valence-corrected chi connectivity index (χ1v) is 6.49. The number of hydrogen-bond donors (Lipinski definition) is 2. The summed E-state index contributed by atoms with van der Waals surface area (Å²) < 4.78 is 0. The summed E-state index contributed by atoms with van der Waals surface area (Å²) in [5.74, 6) is 0.593. The average molecular weight is 273 g/mol. The normalized spacial score (nSPS) is 16.6. The first kappa shape index (κ1) is 12.7. The molecule has 0 bridgehead atoms. The van der Waals surface area contributed by atoms with Gasteiger partial charge in [0.2, 0.25) is 0 Å². The molecule has 0 saturated heterocycles. The van der Waals surface area contributed by atoms with Crippen LogP contribution in [0.1, 0.15) is 19.3 Å². The number of non-ortho nitro benzene ring substituents is 1. The van der Waals surface area contributed by atoms with Gasteiger partial charge < -0.3 is 11.1 Å². The number of hydrogen-bond acceptors (Lipinski definition) is 6. The minimum Gasteiger partial charge on any atom is -0.368 e. The molecule has 1 saturated carbocycles. The maximum absolute atomic E-state index is 10.9. The van der Waals surface area contributed by atoms with E-state index in [1.54, 1.807) is 6.07 Å². The Labute approximate surface area is 115 Å². The topological polar surface area (TPSA) is 107 Å². The van der Waals surface area contributed by atoms with Gasteiger partial charge in [-0.05, 0) is 25.3 Å². The van der Waals surface area contributed by atoms with Crippen LogP contribution in [0.25, 0.3) is 10.9 Å². The number of nitro benzene ring substituents is 1. The molecule has 7 nitrogen and oxygen atoms in total. The molecule has 1 fully saturated rings. The molecule has 3 rings (SSSR count). The zero-order chi connectivity index (χ0) is 14.2. The molecule has 1 aromatic carbocycles. The van der Waals surface area contributed by atoms with Gasteiger partial charge in [0.1, 0.15) is 12.1 Å². The van der Waals surface area contributed by atoms with Gasteiger partial charge in [0, 0.05) is 29.6 Å². The van der Waals surface area contributed by atoms with Crippen molar-refractivity contribution in [1.29, 1.82) is 0 Å². The number of nitrogens with two attached hydrogens (primary N) is 1. The number of rotatable bonds is 4. The SMILES string of the molecule is NC1(CNc2ncnc3ccc([N+](=O)[O-])cc23)CCC1. The molecule has 0 unspecified atom stereocenters. The third-order valence-corrected chi connectivity index (χ3v) is 3.79. The molecule has 1 heterocycles. The first-order valence-electron chi connectivity index (χ1n) is 6.49. The van der Waals surface area contributed by atoms with Gasteiger partial charge in [0.05, 0.1) is 10.4 Å². The molecule has 0 atom stereocenters. The molecule has 7 heteroatoms. The van der Waals surface area contributed by atoms with Crippen molar-refractivity contribution in [3.8, 4) is 0 Å². The second-order valence-corrected chi connectivity index (χ2v) is 5.25. The lowest BCUT2D eigenvalue weighted by Gasteiger charge is -2.38. The predicted octanol–water partition coefficient (Wildman–Crippen LogP) is 1.83. The highest BCUT2D eigenvalue weighted by Gasteiger charge is 2.32. The molecule has 3 N–H and O–H groups in total. The summed E-state index contributed by atoms with van der Waals surface area (Å²) in [5.41, 5.74) is 6.68. The lowest BCUT2D eigenvalue weighted by atomic mass is 9.78. The standard InChI is InChI=1S/C13H15N5O2/c14-13(4-1-5-13)7-15-12-10-6-9(18(19)20)2-3-11(10)16-8-17-12/h2-3,6,8H,1,4-5,7,14H2,(H,15,16,17). The van der Waals surface area contributed by atoms with E-state index in [-0.39, 0.29) is 11.2 Å². The molecular formula is C13H15N5O2. The van der Waals surface area contributed by atoms with Gasteiger partial charge in [-0.2, -0.15) is 0 Å². The van der Waals surface area contributed by atoms with E-state index in [1.807, 2.05) is 0 Å². The summed E-state index contributed by atoms with van der Waals surface area (Å²) >= 11 is 0. The molecule has 1 aromatic heterocycles. The van der Waals surface area contributed by atoms with E-state index < -0.39 is 4.92 Å². The highest BCUT2D eigenvalue weighted by Crippen LogP contribution is 2.30. The van der Waals surface area contributed by atoms with Crippen molar-refractivity contribution in [1.82, 2.24) is 9.97 Å². The second kappa shape index (κ2) is 4.68. The van der Waals surface area contributed by atoms with E-state index in [0.717, 1.165) is 19.3 Å². The van der Waals surface area contributed by atoms with E-state index in [9.17, 15) is 10.1 Å². The summed E-state index contributed by atoms with van der Waals surface area (Å²) in [5, 5.41) is 14.7. The summed E-state index contributed by atoms with van der Waals surface area (Å²) in [7, 11) is 0. The van der Waals surface area contributed by atoms with Crippen LogP contribution in [0.4, 0.5) is 11.5 Å². The summed E-state index contributed by atoms with van der Waals surface area (Å²) in [6.45, 7) is 0.613. The Kier molecular flexibility index (Phi) is 2.98. The molecule has 104 valence electrons. The van der Waals surface area contributed by atoms with Gasteiger partial charge in [-0.1, -0.05) is 0 Å². The minimum absolute atomic E-state index is 0.0291. The fraction of sp³-hybridized carbons (Fsp3) is 0.385.